The normalized spacial score (nSPS) is 10.8. The summed E-state index contributed by atoms with van der Waals surface area (Å²) in [5.41, 5.74) is 3.58. The molecule has 0 aromatic carbocycles. The molecule has 2 rings (SSSR count). The van der Waals surface area contributed by atoms with Gasteiger partial charge in [0.05, 0.1) is 6.21 Å². The van der Waals surface area contributed by atoms with Crippen LogP contribution in [0.4, 0.5) is 0 Å². The van der Waals surface area contributed by atoms with Crippen LogP contribution in [0.15, 0.2) is 28.7 Å². The number of hydrazone groups is 1. The number of thiophene rings is 1. The molecule has 0 unspecified atom stereocenters. The lowest BCUT2D eigenvalue weighted by Gasteiger charge is -1.93. The summed E-state index contributed by atoms with van der Waals surface area (Å²) in [5.74, 6) is -0.322. The van der Waals surface area contributed by atoms with Crippen molar-refractivity contribution in [1.82, 2.24) is 15.6 Å². The number of hydrogen-bond acceptors (Lipinski definition) is 4. The van der Waals surface area contributed by atoms with Crippen LogP contribution in [0, 0.1) is 6.92 Å². The van der Waals surface area contributed by atoms with E-state index in [4.69, 9.17) is 0 Å². The van der Waals surface area contributed by atoms with Crippen molar-refractivity contribution in [2.45, 2.75) is 6.92 Å². The van der Waals surface area contributed by atoms with Gasteiger partial charge >= 0.3 is 0 Å². The first-order valence-electron chi connectivity index (χ1n) is 4.64. The molecule has 82 valence electrons. The number of aryl methyl sites for hydroxylation is 1. The van der Waals surface area contributed by atoms with Gasteiger partial charge in [-0.1, -0.05) is 6.07 Å². The van der Waals surface area contributed by atoms with Crippen LogP contribution < -0.4 is 5.43 Å². The summed E-state index contributed by atoms with van der Waals surface area (Å²) in [5, 5.41) is 12.3. The zero-order chi connectivity index (χ0) is 11.4. The van der Waals surface area contributed by atoms with Crippen molar-refractivity contribution in [3.63, 3.8) is 0 Å². The van der Waals surface area contributed by atoms with Crippen LogP contribution >= 0.6 is 11.3 Å². The van der Waals surface area contributed by atoms with Gasteiger partial charge < -0.3 is 0 Å². The summed E-state index contributed by atoms with van der Waals surface area (Å²) in [6.07, 6.45) is 1.60. The molecule has 0 aliphatic heterocycles. The number of amides is 1. The van der Waals surface area contributed by atoms with Crippen LogP contribution in [-0.2, 0) is 0 Å². The SMILES string of the molecule is Cc1cc(C(=O)NN=Cc2cccs2)n[nH]1. The van der Waals surface area contributed by atoms with Gasteiger partial charge in [-0.3, -0.25) is 9.89 Å². The smallest absolute Gasteiger partial charge is 0.282 e. The highest BCUT2D eigenvalue weighted by molar-refractivity contribution is 7.11. The van der Waals surface area contributed by atoms with E-state index in [2.05, 4.69) is 20.7 Å². The fourth-order valence-corrected chi connectivity index (χ4v) is 1.70. The zero-order valence-corrected chi connectivity index (χ0v) is 9.41. The number of nitrogens with one attached hydrogen (secondary N) is 2. The van der Waals surface area contributed by atoms with Crippen molar-refractivity contribution >= 4 is 23.5 Å². The van der Waals surface area contributed by atoms with Crippen molar-refractivity contribution < 1.29 is 4.79 Å². The summed E-state index contributed by atoms with van der Waals surface area (Å²) in [6, 6.07) is 5.50. The quantitative estimate of drug-likeness (QED) is 0.624. The van der Waals surface area contributed by atoms with E-state index in [-0.39, 0.29) is 5.91 Å². The minimum absolute atomic E-state index is 0.322. The Morgan fingerprint density at radius 2 is 2.56 bits per heavy atom. The molecule has 0 saturated carbocycles. The predicted octanol–water partition coefficient (Wildman–Crippen LogP) is 1.54. The van der Waals surface area contributed by atoms with Crippen molar-refractivity contribution in [2.24, 2.45) is 5.10 Å². The molecule has 2 N–H and O–H groups in total. The van der Waals surface area contributed by atoms with Crippen molar-refractivity contribution in [3.8, 4) is 0 Å². The molecule has 1 amide bonds. The second-order valence-corrected chi connectivity index (χ2v) is 4.13. The highest BCUT2D eigenvalue weighted by Crippen LogP contribution is 2.04. The number of nitrogens with zero attached hydrogens (tertiary/aromatic N) is 2. The maximum Gasteiger partial charge on any atom is 0.291 e. The van der Waals surface area contributed by atoms with Crippen LogP contribution in [-0.4, -0.2) is 22.3 Å². The van der Waals surface area contributed by atoms with Crippen LogP contribution in [0.25, 0.3) is 0 Å². The molecule has 16 heavy (non-hydrogen) atoms. The highest BCUT2D eigenvalue weighted by Gasteiger charge is 2.06. The van der Waals surface area contributed by atoms with E-state index in [9.17, 15) is 4.79 Å². The van der Waals surface area contributed by atoms with Crippen LogP contribution in [0.1, 0.15) is 21.1 Å². The molecule has 2 aromatic rings. The second-order valence-electron chi connectivity index (χ2n) is 3.15. The van der Waals surface area contributed by atoms with E-state index < -0.39 is 0 Å². The van der Waals surface area contributed by atoms with Gasteiger partial charge in [-0.15, -0.1) is 11.3 Å². The summed E-state index contributed by atoms with van der Waals surface area (Å²) < 4.78 is 0. The third-order valence-electron chi connectivity index (χ3n) is 1.84. The Hall–Kier alpha value is -1.95. The first-order valence-corrected chi connectivity index (χ1v) is 5.52. The van der Waals surface area contributed by atoms with Gasteiger partial charge in [0.15, 0.2) is 5.69 Å². The lowest BCUT2D eigenvalue weighted by molar-refractivity contribution is 0.0950. The van der Waals surface area contributed by atoms with Gasteiger partial charge in [-0.05, 0) is 24.4 Å². The molecule has 0 radical (unpaired) electrons. The predicted molar refractivity (Wildman–Crippen MR) is 62.7 cm³/mol. The summed E-state index contributed by atoms with van der Waals surface area (Å²) in [4.78, 5) is 12.5. The van der Waals surface area contributed by atoms with E-state index in [0.717, 1.165) is 10.6 Å². The van der Waals surface area contributed by atoms with E-state index in [1.807, 2.05) is 24.4 Å². The minimum atomic E-state index is -0.322. The molecule has 2 heterocycles. The van der Waals surface area contributed by atoms with Gasteiger partial charge in [0.25, 0.3) is 5.91 Å². The first kappa shape index (κ1) is 10.6. The van der Waals surface area contributed by atoms with Crippen LogP contribution in [0.5, 0.6) is 0 Å². The number of hydrogen-bond donors (Lipinski definition) is 2. The molecule has 2 aromatic heterocycles. The molecule has 0 bridgehead atoms. The maximum atomic E-state index is 11.5. The molecule has 0 aliphatic rings. The molecule has 0 saturated heterocycles. The molecular formula is C10H10N4OS. The van der Waals surface area contributed by atoms with Crippen LogP contribution in [0.2, 0.25) is 0 Å². The van der Waals surface area contributed by atoms with Gasteiger partial charge in [0.1, 0.15) is 0 Å². The number of aromatic nitrogens is 2. The molecular weight excluding hydrogens is 224 g/mol. The van der Waals surface area contributed by atoms with Crippen molar-refractivity contribution in [2.75, 3.05) is 0 Å². The second kappa shape index (κ2) is 4.71. The molecule has 0 atom stereocenters. The number of H-pyrrole nitrogens is 1. The summed E-state index contributed by atoms with van der Waals surface area (Å²) in [7, 11) is 0. The molecule has 0 aliphatic carbocycles. The van der Waals surface area contributed by atoms with E-state index in [1.54, 1.807) is 23.6 Å². The molecule has 5 nitrogen and oxygen atoms in total. The van der Waals surface area contributed by atoms with Crippen LogP contribution in [0.3, 0.4) is 0 Å². The monoisotopic (exact) mass is 234 g/mol. The maximum absolute atomic E-state index is 11.5. The molecule has 0 fully saturated rings. The lowest BCUT2D eigenvalue weighted by Crippen LogP contribution is -2.17. The fourth-order valence-electron chi connectivity index (χ4n) is 1.11. The summed E-state index contributed by atoms with van der Waals surface area (Å²) in [6.45, 7) is 1.83. The molecule has 0 spiro atoms. The largest absolute Gasteiger partial charge is 0.291 e. The minimum Gasteiger partial charge on any atom is -0.282 e. The topological polar surface area (TPSA) is 70.1 Å². The van der Waals surface area contributed by atoms with Gasteiger partial charge in [0.2, 0.25) is 0 Å². The van der Waals surface area contributed by atoms with E-state index in [0.29, 0.717) is 5.69 Å². The third kappa shape index (κ3) is 2.54. The average Bonchev–Trinajstić information content (AvgIpc) is 2.89. The number of carbonyl (C=O) groups is 1. The Labute approximate surface area is 96.2 Å². The van der Waals surface area contributed by atoms with E-state index >= 15 is 0 Å². The average molecular weight is 234 g/mol. The first-order chi connectivity index (χ1) is 7.75. The molecule has 6 heteroatoms. The third-order valence-corrected chi connectivity index (χ3v) is 2.65. The fraction of sp³-hybridized carbons (Fsp3) is 0.100. The van der Waals surface area contributed by atoms with Crippen molar-refractivity contribution in [3.05, 3.63) is 39.8 Å². The lowest BCUT2D eigenvalue weighted by atomic mass is 10.4. The Kier molecular flexibility index (Phi) is 3.11. The highest BCUT2D eigenvalue weighted by atomic mass is 32.1. The Balaban J connectivity index is 1.94. The zero-order valence-electron chi connectivity index (χ0n) is 8.60. The van der Waals surface area contributed by atoms with Gasteiger partial charge in [-0.2, -0.15) is 10.2 Å². The van der Waals surface area contributed by atoms with E-state index in [1.165, 1.54) is 0 Å². The van der Waals surface area contributed by atoms with Gasteiger partial charge in [0, 0.05) is 10.6 Å². The number of rotatable bonds is 3. The number of aromatic amines is 1. The standard InChI is InChI=1S/C10H10N4OS/c1-7-5-9(13-12-7)10(15)14-11-6-8-3-2-4-16-8/h2-6H,1H3,(H,12,13)(H,14,15). The Morgan fingerprint density at radius 3 is 3.19 bits per heavy atom. The Morgan fingerprint density at radius 1 is 1.69 bits per heavy atom. The van der Waals surface area contributed by atoms with Crippen molar-refractivity contribution in [1.29, 1.82) is 0 Å². The summed E-state index contributed by atoms with van der Waals surface area (Å²) >= 11 is 1.55. The number of carbonyl (C=O) groups excluding carboxylic acids is 1. The van der Waals surface area contributed by atoms with Gasteiger partial charge in [-0.25, -0.2) is 5.43 Å². The Bertz CT molecular complexity index is 501.